The standard InChI is InChI=1S/C22H36As2/c1-5-7-11-17-23(3)21-15-16-22(24(4)18-12-8-6-2)20-14-10-9-13-19(20)21/h9-10,13-16,21-22H,5-8,11-12,17-18H2,1-4H3/q+2. The molecule has 1 aliphatic carbocycles. The second-order valence-corrected chi connectivity index (χ2v) is 17.8. The first-order chi connectivity index (χ1) is 11.7. The third kappa shape index (κ3) is 5.54. The molecule has 0 aliphatic heterocycles. The molecule has 0 aromatic heterocycles. The fourth-order valence-corrected chi connectivity index (χ4v) is 12.6. The van der Waals surface area contributed by atoms with Crippen molar-refractivity contribution >= 4 is 29.3 Å². The molecule has 2 heteroatoms. The molecule has 0 heterocycles. The van der Waals surface area contributed by atoms with Crippen LogP contribution in [0.2, 0.25) is 21.8 Å². The third-order valence-corrected chi connectivity index (χ3v) is 15.4. The second kappa shape index (κ2) is 10.9. The Balaban J connectivity index is 2.10. The van der Waals surface area contributed by atoms with Crippen LogP contribution in [0.3, 0.4) is 0 Å². The van der Waals surface area contributed by atoms with Crippen molar-refractivity contribution in [2.24, 2.45) is 0 Å². The summed E-state index contributed by atoms with van der Waals surface area (Å²) < 4.78 is 1.58. The van der Waals surface area contributed by atoms with Crippen molar-refractivity contribution in [1.29, 1.82) is 0 Å². The summed E-state index contributed by atoms with van der Waals surface area (Å²) in [5.74, 6) is 0. The first-order valence-corrected chi connectivity index (χ1v) is 18.4. The summed E-state index contributed by atoms with van der Waals surface area (Å²) in [4.78, 5) is 0. The van der Waals surface area contributed by atoms with E-state index in [1.54, 1.807) is 11.1 Å². The molecule has 2 rings (SSSR count). The number of benzene rings is 1. The van der Waals surface area contributed by atoms with Crippen molar-refractivity contribution < 1.29 is 0 Å². The second-order valence-electron chi connectivity index (χ2n) is 7.28. The van der Waals surface area contributed by atoms with Crippen LogP contribution in [-0.4, -0.2) is 29.3 Å². The minimum atomic E-state index is -0.783. The molecule has 4 unspecified atom stereocenters. The van der Waals surface area contributed by atoms with Crippen LogP contribution in [0.15, 0.2) is 36.4 Å². The molecule has 1 aromatic carbocycles. The number of hydrogen-bond donors (Lipinski definition) is 0. The summed E-state index contributed by atoms with van der Waals surface area (Å²) in [6.45, 7) is 4.64. The molecule has 1 aliphatic rings. The van der Waals surface area contributed by atoms with Crippen LogP contribution < -0.4 is 0 Å². The van der Waals surface area contributed by atoms with Gasteiger partial charge in [-0.15, -0.1) is 0 Å². The number of fused-ring (bicyclic) bond motifs is 1. The zero-order valence-corrected chi connectivity index (χ0v) is 19.9. The third-order valence-electron chi connectivity index (χ3n) is 5.29. The van der Waals surface area contributed by atoms with Gasteiger partial charge in [0, 0.05) is 0 Å². The van der Waals surface area contributed by atoms with Crippen molar-refractivity contribution in [2.75, 3.05) is 0 Å². The predicted molar refractivity (Wildman–Crippen MR) is 113 cm³/mol. The molecule has 0 fully saturated rings. The molecule has 0 amide bonds. The summed E-state index contributed by atoms with van der Waals surface area (Å²) in [6.07, 6.45) is 13.7. The normalized spacial score (nSPS) is 22.2. The van der Waals surface area contributed by atoms with Crippen LogP contribution in [-0.2, 0) is 0 Å². The zero-order valence-electron chi connectivity index (χ0n) is 16.2. The minimum absolute atomic E-state index is 0.783. The Morgan fingerprint density at radius 2 is 1.12 bits per heavy atom. The molecule has 0 bridgehead atoms. The Morgan fingerprint density at radius 1 is 0.708 bits per heavy atom. The maximum atomic E-state index is 2.64. The molecule has 0 saturated heterocycles. The van der Waals surface area contributed by atoms with Crippen LogP contribution in [0, 0.1) is 0 Å². The first-order valence-electron chi connectivity index (χ1n) is 9.86. The van der Waals surface area contributed by atoms with Gasteiger partial charge in [0.1, 0.15) is 0 Å². The maximum absolute atomic E-state index is 2.64. The van der Waals surface area contributed by atoms with Crippen LogP contribution >= 0.6 is 0 Å². The van der Waals surface area contributed by atoms with Gasteiger partial charge in [0.05, 0.1) is 0 Å². The Morgan fingerprint density at radius 3 is 1.50 bits per heavy atom. The van der Waals surface area contributed by atoms with E-state index in [4.69, 9.17) is 0 Å². The molecule has 4 atom stereocenters. The van der Waals surface area contributed by atoms with Crippen molar-refractivity contribution in [3.8, 4) is 0 Å². The van der Waals surface area contributed by atoms with E-state index >= 15 is 0 Å². The predicted octanol–water partition coefficient (Wildman–Crippen LogP) is 7.13. The molecule has 2 radical (unpaired) electrons. The monoisotopic (exact) mass is 450 g/mol. The topological polar surface area (TPSA) is 0 Å². The molecule has 0 nitrogen and oxygen atoms in total. The van der Waals surface area contributed by atoms with Gasteiger partial charge in [0.25, 0.3) is 0 Å². The van der Waals surface area contributed by atoms with Gasteiger partial charge in [-0.3, -0.25) is 0 Å². The SMILES string of the molecule is CCCCC[As+](C)C1C=CC([As+](C)CCCCC)c2ccccc21. The van der Waals surface area contributed by atoms with Gasteiger partial charge in [-0.2, -0.15) is 0 Å². The van der Waals surface area contributed by atoms with Crippen LogP contribution in [0.5, 0.6) is 0 Å². The zero-order chi connectivity index (χ0) is 17.4. The number of unbranched alkanes of at least 4 members (excludes halogenated alkanes) is 4. The summed E-state index contributed by atoms with van der Waals surface area (Å²) >= 11 is -1.57. The van der Waals surface area contributed by atoms with Gasteiger partial charge >= 0.3 is 160 Å². The van der Waals surface area contributed by atoms with Gasteiger partial charge in [-0.25, -0.2) is 0 Å². The van der Waals surface area contributed by atoms with Crippen molar-refractivity contribution in [2.45, 2.75) is 83.6 Å². The average molecular weight is 450 g/mol. The molecular weight excluding hydrogens is 414 g/mol. The molecule has 0 spiro atoms. The van der Waals surface area contributed by atoms with Crippen molar-refractivity contribution in [1.82, 2.24) is 0 Å². The fraction of sp³-hybridized carbons (Fsp3) is 0.636. The molecule has 24 heavy (non-hydrogen) atoms. The molecule has 132 valence electrons. The number of rotatable bonds is 10. The number of allylic oxidation sites excluding steroid dienone is 2. The van der Waals surface area contributed by atoms with E-state index in [9.17, 15) is 0 Å². The molecule has 1 aromatic rings. The molecule has 0 N–H and O–H groups in total. The first kappa shape index (κ1) is 20.4. The Bertz CT molecular complexity index is 463. The quantitative estimate of drug-likeness (QED) is 0.202. The van der Waals surface area contributed by atoms with E-state index < -0.39 is 29.3 Å². The summed E-state index contributed by atoms with van der Waals surface area (Å²) in [5, 5.41) is 3.03. The van der Waals surface area contributed by atoms with Gasteiger partial charge < -0.3 is 0 Å². The number of hydrogen-bond acceptors (Lipinski definition) is 0. The van der Waals surface area contributed by atoms with Gasteiger partial charge in [0.2, 0.25) is 0 Å². The van der Waals surface area contributed by atoms with E-state index in [0.29, 0.717) is 0 Å². The van der Waals surface area contributed by atoms with E-state index in [2.05, 4.69) is 61.7 Å². The van der Waals surface area contributed by atoms with Gasteiger partial charge in [-0.1, -0.05) is 0 Å². The molecular formula is C22H36As2+2. The van der Waals surface area contributed by atoms with Crippen LogP contribution in [0.4, 0.5) is 0 Å². The summed E-state index contributed by atoms with van der Waals surface area (Å²) in [7, 11) is 0. The van der Waals surface area contributed by atoms with Crippen molar-refractivity contribution in [3.63, 3.8) is 0 Å². The fourth-order valence-electron chi connectivity index (χ4n) is 3.74. The Kier molecular flexibility index (Phi) is 9.29. The summed E-state index contributed by atoms with van der Waals surface area (Å²) in [6, 6.07) is 9.46. The molecule has 0 saturated carbocycles. The summed E-state index contributed by atoms with van der Waals surface area (Å²) in [5.41, 5.74) is 8.64. The van der Waals surface area contributed by atoms with Crippen LogP contribution in [0.1, 0.15) is 72.9 Å². The van der Waals surface area contributed by atoms with Crippen LogP contribution in [0.25, 0.3) is 0 Å². The van der Waals surface area contributed by atoms with Gasteiger partial charge in [-0.05, 0) is 0 Å². The Labute approximate surface area is 160 Å². The van der Waals surface area contributed by atoms with E-state index in [1.807, 2.05) is 0 Å². The van der Waals surface area contributed by atoms with Crippen molar-refractivity contribution in [3.05, 3.63) is 47.5 Å². The van der Waals surface area contributed by atoms with E-state index in [0.717, 1.165) is 9.41 Å². The van der Waals surface area contributed by atoms with E-state index in [-0.39, 0.29) is 0 Å². The van der Waals surface area contributed by atoms with Gasteiger partial charge in [0.15, 0.2) is 0 Å². The Hall–Kier alpha value is 0.0769. The van der Waals surface area contributed by atoms with E-state index in [1.165, 1.54) is 48.9 Å². The average Bonchev–Trinajstić information content (AvgIpc) is 2.61.